The standard InChI is InChI=1S/C23H22N2O5/c1-3-9-20(26)17(23(29)30-4-2)14-24-18-12-7-8-13-19(18)25-21(27)15-10-5-6-11-16(15)22(25)28/h5-8,10-14,26H,3-4,9H2,1-2H3. The zero-order chi connectivity index (χ0) is 21.7. The van der Waals surface area contributed by atoms with Crippen molar-refractivity contribution in [2.45, 2.75) is 26.7 Å². The van der Waals surface area contributed by atoms with Crippen LogP contribution in [-0.2, 0) is 9.53 Å². The van der Waals surface area contributed by atoms with E-state index in [1.807, 2.05) is 6.92 Å². The second-order valence-corrected chi connectivity index (χ2v) is 6.57. The van der Waals surface area contributed by atoms with E-state index in [0.717, 1.165) is 4.90 Å². The molecule has 0 saturated heterocycles. The third kappa shape index (κ3) is 4.00. The number of amides is 2. The van der Waals surface area contributed by atoms with Crippen LogP contribution < -0.4 is 4.90 Å². The summed E-state index contributed by atoms with van der Waals surface area (Å²) in [5.41, 5.74) is 1.19. The lowest BCUT2D eigenvalue weighted by Crippen LogP contribution is -2.29. The molecule has 1 N–H and O–H groups in total. The number of carbonyl (C=O) groups excluding carboxylic acids is 3. The summed E-state index contributed by atoms with van der Waals surface area (Å²) in [4.78, 5) is 43.2. The third-order valence-corrected chi connectivity index (χ3v) is 4.54. The fraction of sp³-hybridized carbons (Fsp3) is 0.217. The number of rotatable bonds is 7. The van der Waals surface area contributed by atoms with E-state index in [9.17, 15) is 19.5 Å². The number of nitrogens with zero attached hydrogens (tertiary/aromatic N) is 2. The Labute approximate surface area is 174 Å². The zero-order valence-corrected chi connectivity index (χ0v) is 16.8. The summed E-state index contributed by atoms with van der Waals surface area (Å²) in [5.74, 6) is -1.69. The zero-order valence-electron chi connectivity index (χ0n) is 16.8. The van der Waals surface area contributed by atoms with Gasteiger partial charge < -0.3 is 9.84 Å². The number of carbonyl (C=O) groups is 3. The van der Waals surface area contributed by atoms with Crippen LogP contribution in [0.25, 0.3) is 0 Å². The van der Waals surface area contributed by atoms with E-state index in [0.29, 0.717) is 29.7 Å². The fourth-order valence-corrected chi connectivity index (χ4v) is 3.13. The maximum absolute atomic E-state index is 12.8. The highest BCUT2D eigenvalue weighted by atomic mass is 16.5. The highest BCUT2D eigenvalue weighted by Gasteiger charge is 2.37. The molecule has 1 aliphatic rings. The van der Waals surface area contributed by atoms with E-state index in [4.69, 9.17) is 4.74 Å². The van der Waals surface area contributed by atoms with Crippen LogP contribution in [0.4, 0.5) is 11.4 Å². The molecule has 2 aromatic carbocycles. The Morgan fingerprint density at radius 2 is 1.63 bits per heavy atom. The number of aliphatic hydroxyl groups is 1. The number of aliphatic hydroxyl groups excluding tert-OH is 1. The first-order chi connectivity index (χ1) is 14.5. The molecule has 7 heteroatoms. The number of esters is 1. The van der Waals surface area contributed by atoms with Crippen molar-refractivity contribution in [2.75, 3.05) is 11.5 Å². The van der Waals surface area contributed by atoms with Crippen LogP contribution >= 0.6 is 0 Å². The Balaban J connectivity index is 2.00. The van der Waals surface area contributed by atoms with E-state index in [1.165, 1.54) is 6.21 Å². The molecule has 0 radical (unpaired) electrons. The minimum atomic E-state index is -0.689. The molecule has 1 aliphatic heterocycles. The summed E-state index contributed by atoms with van der Waals surface area (Å²) in [7, 11) is 0. The number of hydrogen-bond acceptors (Lipinski definition) is 6. The number of fused-ring (bicyclic) bond motifs is 1. The predicted molar refractivity (Wildman–Crippen MR) is 113 cm³/mol. The first-order valence-corrected chi connectivity index (χ1v) is 9.69. The molecule has 3 rings (SSSR count). The van der Waals surface area contributed by atoms with Crippen molar-refractivity contribution in [2.24, 2.45) is 4.99 Å². The van der Waals surface area contributed by atoms with Crippen molar-refractivity contribution in [1.29, 1.82) is 0 Å². The van der Waals surface area contributed by atoms with Crippen LogP contribution in [0.5, 0.6) is 0 Å². The Kier molecular flexibility index (Phi) is 6.41. The summed E-state index contributed by atoms with van der Waals surface area (Å²) in [6.07, 6.45) is 2.13. The van der Waals surface area contributed by atoms with E-state index in [1.54, 1.807) is 55.5 Å². The van der Waals surface area contributed by atoms with Crippen molar-refractivity contribution in [3.8, 4) is 0 Å². The molecular formula is C23H22N2O5. The second-order valence-electron chi connectivity index (χ2n) is 6.57. The predicted octanol–water partition coefficient (Wildman–Crippen LogP) is 4.36. The van der Waals surface area contributed by atoms with Crippen LogP contribution in [0.1, 0.15) is 47.4 Å². The lowest BCUT2D eigenvalue weighted by Gasteiger charge is -2.16. The number of imide groups is 1. The summed E-state index contributed by atoms with van der Waals surface area (Å²) in [6, 6.07) is 13.2. The van der Waals surface area contributed by atoms with Gasteiger partial charge in [0.2, 0.25) is 0 Å². The van der Waals surface area contributed by atoms with Crippen LogP contribution in [0, 0.1) is 0 Å². The first kappa shape index (κ1) is 21.0. The van der Waals surface area contributed by atoms with Gasteiger partial charge >= 0.3 is 5.97 Å². The highest BCUT2D eigenvalue weighted by molar-refractivity contribution is 6.35. The minimum absolute atomic E-state index is 0.0594. The lowest BCUT2D eigenvalue weighted by molar-refractivity contribution is -0.138. The topological polar surface area (TPSA) is 96.3 Å². The molecule has 0 saturated carbocycles. The summed E-state index contributed by atoms with van der Waals surface area (Å²) in [5, 5.41) is 10.2. The maximum atomic E-state index is 12.8. The average molecular weight is 406 g/mol. The van der Waals surface area contributed by atoms with Gasteiger partial charge in [-0.05, 0) is 37.6 Å². The van der Waals surface area contributed by atoms with E-state index < -0.39 is 17.8 Å². The van der Waals surface area contributed by atoms with Crippen molar-refractivity contribution in [3.05, 3.63) is 71.0 Å². The van der Waals surface area contributed by atoms with Gasteiger partial charge in [-0.2, -0.15) is 0 Å². The smallest absolute Gasteiger partial charge is 0.343 e. The van der Waals surface area contributed by atoms with Gasteiger partial charge in [0.05, 0.1) is 29.1 Å². The van der Waals surface area contributed by atoms with Gasteiger partial charge in [0, 0.05) is 12.6 Å². The molecule has 2 amide bonds. The van der Waals surface area contributed by atoms with Crippen molar-refractivity contribution in [3.63, 3.8) is 0 Å². The molecule has 0 unspecified atom stereocenters. The molecule has 0 aromatic heterocycles. The quantitative estimate of drug-likeness (QED) is 0.242. The van der Waals surface area contributed by atoms with E-state index in [-0.39, 0.29) is 23.6 Å². The normalized spacial score (nSPS) is 14.1. The third-order valence-electron chi connectivity index (χ3n) is 4.54. The maximum Gasteiger partial charge on any atom is 0.343 e. The number of aliphatic imine (C=N–C) groups is 1. The highest BCUT2D eigenvalue weighted by Crippen LogP contribution is 2.34. The van der Waals surface area contributed by atoms with Gasteiger partial charge in [-0.3, -0.25) is 14.6 Å². The summed E-state index contributed by atoms with van der Waals surface area (Å²) >= 11 is 0. The minimum Gasteiger partial charge on any atom is -0.511 e. The SMILES string of the molecule is CCCC(O)=C(C=Nc1ccccc1N1C(=O)c2ccccc2C1=O)C(=O)OCC. The molecule has 30 heavy (non-hydrogen) atoms. The van der Waals surface area contributed by atoms with Gasteiger partial charge in [-0.15, -0.1) is 0 Å². The molecule has 1 heterocycles. The lowest BCUT2D eigenvalue weighted by atomic mass is 10.1. The fourth-order valence-electron chi connectivity index (χ4n) is 3.13. The van der Waals surface area contributed by atoms with Crippen LogP contribution in [-0.4, -0.2) is 35.7 Å². The molecule has 0 spiro atoms. The Morgan fingerprint density at radius 1 is 1.03 bits per heavy atom. The first-order valence-electron chi connectivity index (χ1n) is 9.69. The van der Waals surface area contributed by atoms with E-state index in [2.05, 4.69) is 4.99 Å². The van der Waals surface area contributed by atoms with Gasteiger partial charge in [-0.25, -0.2) is 9.69 Å². The number of ether oxygens (including phenoxy) is 1. The van der Waals surface area contributed by atoms with Gasteiger partial charge in [0.1, 0.15) is 11.3 Å². The van der Waals surface area contributed by atoms with Gasteiger partial charge in [-0.1, -0.05) is 31.2 Å². The van der Waals surface area contributed by atoms with Gasteiger partial charge in [0.25, 0.3) is 11.8 Å². The Bertz CT molecular complexity index is 1020. The van der Waals surface area contributed by atoms with Crippen LogP contribution in [0.2, 0.25) is 0 Å². The Hall–Kier alpha value is -3.74. The molecule has 0 atom stereocenters. The Morgan fingerprint density at radius 3 is 2.23 bits per heavy atom. The number of hydrogen-bond donors (Lipinski definition) is 1. The van der Waals surface area contributed by atoms with Gasteiger partial charge in [0.15, 0.2) is 0 Å². The monoisotopic (exact) mass is 406 g/mol. The molecular weight excluding hydrogens is 384 g/mol. The molecule has 0 aliphatic carbocycles. The average Bonchev–Trinajstić information content (AvgIpc) is 2.99. The second kappa shape index (κ2) is 9.17. The summed E-state index contributed by atoms with van der Waals surface area (Å²) < 4.78 is 5.00. The van der Waals surface area contributed by atoms with Crippen LogP contribution in [0.3, 0.4) is 0 Å². The largest absolute Gasteiger partial charge is 0.511 e. The van der Waals surface area contributed by atoms with Crippen molar-refractivity contribution >= 4 is 35.4 Å². The van der Waals surface area contributed by atoms with Crippen LogP contribution in [0.15, 0.2) is 64.9 Å². The molecule has 154 valence electrons. The van der Waals surface area contributed by atoms with Crippen molar-refractivity contribution in [1.82, 2.24) is 0 Å². The molecule has 0 fully saturated rings. The number of allylic oxidation sites excluding steroid dienone is 1. The summed E-state index contributed by atoms with van der Waals surface area (Å²) in [6.45, 7) is 3.69. The molecule has 7 nitrogen and oxygen atoms in total. The number of benzene rings is 2. The van der Waals surface area contributed by atoms with E-state index >= 15 is 0 Å². The molecule has 0 bridgehead atoms. The van der Waals surface area contributed by atoms with Crippen molar-refractivity contribution < 1.29 is 24.2 Å². The number of para-hydroxylation sites is 2. The molecule has 2 aromatic rings. The number of anilines is 1.